The number of H-pyrrole nitrogens is 1. The molecule has 3 aromatic heterocycles. The summed E-state index contributed by atoms with van der Waals surface area (Å²) in [6.45, 7) is 8.93. The largest absolute Gasteiger partial charge is 0.401 e. The maximum atomic E-state index is 15.9. The number of urea groups is 1. The lowest BCUT2D eigenvalue weighted by molar-refractivity contribution is -0.182. The van der Waals surface area contributed by atoms with Gasteiger partial charge in [-0.05, 0) is 88.1 Å². The van der Waals surface area contributed by atoms with Crippen molar-refractivity contribution in [3.8, 4) is 22.6 Å². The molecule has 1 aliphatic carbocycles. The van der Waals surface area contributed by atoms with Crippen LogP contribution in [0.3, 0.4) is 0 Å². The fourth-order valence-electron chi connectivity index (χ4n) is 8.30. The Bertz CT molecular complexity index is 2500. The van der Waals surface area contributed by atoms with Gasteiger partial charge < -0.3 is 9.84 Å². The highest BCUT2D eigenvalue weighted by atomic mass is 19.4. The number of halogens is 5. The number of nitrogens with one attached hydrogen (secondary N) is 3. The summed E-state index contributed by atoms with van der Waals surface area (Å²) in [6.07, 6.45) is -2.65. The van der Waals surface area contributed by atoms with Crippen molar-refractivity contribution >= 4 is 23.5 Å². The summed E-state index contributed by atoms with van der Waals surface area (Å²) in [6, 6.07) is 10.7. The number of likely N-dealkylation sites (tertiary alicyclic amines) is 1. The van der Waals surface area contributed by atoms with Crippen LogP contribution in [0.1, 0.15) is 96.7 Å². The number of nitrogens with zero attached hydrogens (tertiary/aromatic N) is 7. The van der Waals surface area contributed by atoms with Crippen LogP contribution in [0.15, 0.2) is 47.0 Å². The standard InChI is InChI=1S/C41H41F5N10O4/c1-20-34(21(2)49-35(48-20)29-14-31(60-54-29)36(58)47-17-32-50-37(53-52-32)39(4,5)41(44,45)46)26-8-6-23(12-27(26)42)22(3)55-18-40(19-55)15-25(16-40)24-7-9-30(28(43)13-24)56-11-10-33(57)51-38(56)59/h6-9,12-14,22,25H,10-11,15-19H2,1-5H3,(H,47,58)(H,50,52,53)(H,51,57,59). The molecule has 19 heteroatoms. The number of aromatic nitrogens is 6. The van der Waals surface area contributed by atoms with Gasteiger partial charge in [0, 0.05) is 60.7 Å². The zero-order valence-electron chi connectivity index (χ0n) is 33.3. The van der Waals surface area contributed by atoms with Crippen LogP contribution in [0, 0.1) is 30.9 Å². The maximum Gasteiger partial charge on any atom is 0.401 e. The number of rotatable bonds is 10. The molecule has 1 unspecified atom stereocenters. The lowest BCUT2D eigenvalue weighted by atomic mass is 9.56. The maximum absolute atomic E-state index is 15.9. The molecule has 3 N–H and O–H groups in total. The van der Waals surface area contributed by atoms with Crippen molar-refractivity contribution in [1.82, 2.24) is 45.8 Å². The predicted molar refractivity (Wildman–Crippen MR) is 205 cm³/mol. The summed E-state index contributed by atoms with van der Waals surface area (Å²) >= 11 is 0. The fraction of sp³-hybridized carbons (Fsp3) is 0.415. The molecule has 1 atom stereocenters. The van der Waals surface area contributed by atoms with Crippen LogP contribution in [-0.4, -0.2) is 78.9 Å². The van der Waals surface area contributed by atoms with E-state index in [2.05, 4.69) is 45.8 Å². The first kappa shape index (κ1) is 40.7. The van der Waals surface area contributed by atoms with E-state index in [4.69, 9.17) is 4.52 Å². The Morgan fingerprint density at radius 3 is 2.37 bits per heavy atom. The van der Waals surface area contributed by atoms with Crippen molar-refractivity contribution in [1.29, 1.82) is 0 Å². The molecule has 60 heavy (non-hydrogen) atoms. The van der Waals surface area contributed by atoms with E-state index >= 15 is 8.78 Å². The van der Waals surface area contributed by atoms with E-state index in [9.17, 15) is 27.6 Å². The molecular formula is C41H41F5N10O4. The number of amides is 4. The van der Waals surface area contributed by atoms with Gasteiger partial charge in [0.2, 0.25) is 11.7 Å². The Balaban J connectivity index is 0.865. The molecule has 1 saturated carbocycles. The highest BCUT2D eigenvalue weighted by Gasteiger charge is 2.54. The lowest BCUT2D eigenvalue weighted by Crippen LogP contribution is -2.61. The van der Waals surface area contributed by atoms with Crippen LogP contribution >= 0.6 is 0 Å². The topological polar surface area (TPSA) is 175 Å². The van der Waals surface area contributed by atoms with E-state index in [1.807, 2.05) is 19.1 Å². The first-order chi connectivity index (χ1) is 28.3. The summed E-state index contributed by atoms with van der Waals surface area (Å²) in [4.78, 5) is 52.9. The average Bonchev–Trinajstić information content (AvgIpc) is 3.84. The molecule has 0 radical (unpaired) electrons. The van der Waals surface area contributed by atoms with Crippen LogP contribution < -0.4 is 15.5 Å². The van der Waals surface area contributed by atoms with Gasteiger partial charge in [-0.25, -0.2) is 28.5 Å². The zero-order valence-corrected chi connectivity index (χ0v) is 33.3. The molecule has 2 saturated heterocycles. The van der Waals surface area contributed by atoms with Crippen molar-refractivity contribution in [2.24, 2.45) is 5.41 Å². The number of imide groups is 1. The summed E-state index contributed by atoms with van der Waals surface area (Å²) in [5, 5.41) is 14.7. The minimum absolute atomic E-state index is 0.0143. The van der Waals surface area contributed by atoms with Crippen molar-refractivity contribution in [3.63, 3.8) is 0 Å². The van der Waals surface area contributed by atoms with Crippen molar-refractivity contribution < 1.29 is 40.9 Å². The number of aromatic amines is 1. The first-order valence-electron chi connectivity index (χ1n) is 19.4. The number of hydrogen-bond donors (Lipinski definition) is 3. The van der Waals surface area contributed by atoms with Crippen molar-refractivity contribution in [2.45, 2.75) is 84.0 Å². The van der Waals surface area contributed by atoms with Crippen LogP contribution in [0.5, 0.6) is 0 Å². The average molecular weight is 833 g/mol. The van der Waals surface area contributed by atoms with E-state index in [-0.39, 0.29) is 71.6 Å². The molecule has 4 amide bonds. The Morgan fingerprint density at radius 1 is 1.00 bits per heavy atom. The van der Waals surface area contributed by atoms with Gasteiger partial charge in [0.05, 0.1) is 12.2 Å². The molecular weight excluding hydrogens is 792 g/mol. The number of anilines is 1. The Hall–Kier alpha value is -6.11. The van der Waals surface area contributed by atoms with E-state index in [1.54, 1.807) is 26.0 Å². The number of aryl methyl sites for hydroxylation is 2. The number of benzene rings is 2. The summed E-state index contributed by atoms with van der Waals surface area (Å²) in [5.74, 6) is -2.31. The molecule has 2 aromatic carbocycles. The molecule has 1 spiro atoms. The molecule has 3 aliphatic rings. The first-order valence-corrected chi connectivity index (χ1v) is 19.4. The van der Waals surface area contributed by atoms with Gasteiger partial charge in [-0.3, -0.25) is 29.8 Å². The summed E-state index contributed by atoms with van der Waals surface area (Å²) in [5.41, 5.74) is 1.61. The second-order valence-corrected chi connectivity index (χ2v) is 16.5. The SMILES string of the molecule is Cc1nc(-c2cc(C(=O)NCc3nc(C(C)(C)C(F)(F)F)n[nH]3)on2)nc(C)c1-c1ccc(C(C)N2CC3(CC(c4ccc(N5CCC(=O)NC5=O)c(F)c4)C3)C2)cc1F. The van der Waals surface area contributed by atoms with Crippen LogP contribution in [0.4, 0.5) is 32.4 Å². The monoisotopic (exact) mass is 832 g/mol. The van der Waals surface area contributed by atoms with Crippen LogP contribution in [0.25, 0.3) is 22.6 Å². The second-order valence-electron chi connectivity index (χ2n) is 16.5. The van der Waals surface area contributed by atoms with E-state index in [0.717, 1.165) is 50.9 Å². The van der Waals surface area contributed by atoms with Gasteiger partial charge in [0.15, 0.2) is 17.3 Å². The molecule has 0 bridgehead atoms. The number of alkyl halides is 3. The predicted octanol–water partition coefficient (Wildman–Crippen LogP) is 6.97. The van der Waals surface area contributed by atoms with Gasteiger partial charge in [-0.2, -0.15) is 18.3 Å². The molecule has 314 valence electrons. The summed E-state index contributed by atoms with van der Waals surface area (Å²) < 4.78 is 76.3. The minimum atomic E-state index is -4.57. The van der Waals surface area contributed by atoms with Gasteiger partial charge in [-0.15, -0.1) is 0 Å². The molecule has 5 aromatic rings. The van der Waals surface area contributed by atoms with Gasteiger partial charge in [-0.1, -0.05) is 23.4 Å². The van der Waals surface area contributed by atoms with E-state index in [0.29, 0.717) is 22.5 Å². The molecule has 8 rings (SSSR count). The number of hydrogen-bond acceptors (Lipinski definition) is 10. The van der Waals surface area contributed by atoms with Crippen molar-refractivity contribution in [2.75, 3.05) is 24.5 Å². The Kier molecular flexibility index (Phi) is 10.1. The number of carbonyl (C=O) groups excluding carboxylic acids is 3. The quantitative estimate of drug-likeness (QED) is 0.125. The fourth-order valence-corrected chi connectivity index (χ4v) is 8.30. The second kappa shape index (κ2) is 14.9. The zero-order chi connectivity index (χ0) is 42.9. The third kappa shape index (κ3) is 7.39. The molecule has 3 fully saturated rings. The van der Waals surface area contributed by atoms with E-state index in [1.165, 1.54) is 23.1 Å². The van der Waals surface area contributed by atoms with Crippen molar-refractivity contribution in [3.05, 3.63) is 94.0 Å². The normalized spacial score (nSPS) is 17.7. The molecule has 5 heterocycles. The Morgan fingerprint density at radius 2 is 1.72 bits per heavy atom. The van der Waals surface area contributed by atoms with Gasteiger partial charge in [0.25, 0.3) is 5.91 Å². The number of carbonyl (C=O) groups is 3. The molecule has 14 nitrogen and oxygen atoms in total. The summed E-state index contributed by atoms with van der Waals surface area (Å²) in [7, 11) is 0. The highest BCUT2D eigenvalue weighted by Crippen LogP contribution is 2.57. The third-order valence-corrected chi connectivity index (χ3v) is 12.0. The highest BCUT2D eigenvalue weighted by molar-refractivity contribution is 6.05. The Labute approximate surface area is 340 Å². The smallest absolute Gasteiger partial charge is 0.350 e. The minimum Gasteiger partial charge on any atom is -0.350 e. The van der Waals surface area contributed by atoms with Crippen LogP contribution in [-0.2, 0) is 16.8 Å². The molecule has 2 aliphatic heterocycles. The third-order valence-electron chi connectivity index (χ3n) is 12.0. The van der Waals surface area contributed by atoms with Gasteiger partial charge >= 0.3 is 12.2 Å². The van der Waals surface area contributed by atoms with Crippen LogP contribution in [0.2, 0.25) is 0 Å². The van der Waals surface area contributed by atoms with Gasteiger partial charge in [0.1, 0.15) is 22.9 Å². The van der Waals surface area contributed by atoms with E-state index < -0.39 is 41.0 Å². The lowest BCUT2D eigenvalue weighted by Gasteiger charge is -2.61.